The molecule has 1 rings (SSSR count). The first-order valence-electron chi connectivity index (χ1n) is 6.36. The molecule has 15 heavy (non-hydrogen) atoms. The summed E-state index contributed by atoms with van der Waals surface area (Å²) in [6.07, 6.45) is 5.40. The topological polar surface area (TPSA) is 26.6 Å². The van der Waals surface area contributed by atoms with E-state index in [-0.39, 0.29) is 0 Å². The molecule has 0 aliphatic carbocycles. The van der Waals surface area contributed by atoms with Crippen LogP contribution in [-0.4, -0.2) is 43.9 Å². The predicted octanol–water partition coefficient (Wildman–Crippen LogP) is 1.85. The predicted molar refractivity (Wildman–Crippen MR) is 63.0 cm³/mol. The standard InChI is InChI=1S/C12H25N2O/c1-3-5-8-14(9-6-4-2)12-11-15-10-7-13-12/h12H,3-11H2,1-2H3. The largest absolute Gasteiger partial charge is 0.377 e. The van der Waals surface area contributed by atoms with Gasteiger partial charge in [0.25, 0.3) is 0 Å². The summed E-state index contributed by atoms with van der Waals surface area (Å²) in [5.41, 5.74) is 0. The van der Waals surface area contributed by atoms with Crippen LogP contribution in [0.2, 0.25) is 0 Å². The van der Waals surface area contributed by atoms with E-state index in [1.807, 2.05) is 0 Å². The Bertz CT molecular complexity index is 139. The highest BCUT2D eigenvalue weighted by Gasteiger charge is 2.20. The van der Waals surface area contributed by atoms with E-state index < -0.39 is 0 Å². The Balaban J connectivity index is 2.30. The average Bonchev–Trinajstić information content (AvgIpc) is 2.30. The fraction of sp³-hybridized carbons (Fsp3) is 1.00. The van der Waals surface area contributed by atoms with Crippen LogP contribution in [0.1, 0.15) is 39.5 Å². The minimum Gasteiger partial charge on any atom is -0.377 e. The Hall–Kier alpha value is -0.120. The second-order valence-electron chi connectivity index (χ2n) is 4.20. The van der Waals surface area contributed by atoms with Gasteiger partial charge in [-0.25, -0.2) is 5.32 Å². The van der Waals surface area contributed by atoms with Gasteiger partial charge in [-0.1, -0.05) is 26.7 Å². The van der Waals surface area contributed by atoms with Gasteiger partial charge >= 0.3 is 0 Å². The van der Waals surface area contributed by atoms with Crippen molar-refractivity contribution in [3.05, 3.63) is 0 Å². The van der Waals surface area contributed by atoms with Crippen molar-refractivity contribution in [2.24, 2.45) is 0 Å². The number of morpholine rings is 1. The molecule has 1 atom stereocenters. The summed E-state index contributed by atoms with van der Waals surface area (Å²) in [6, 6.07) is 0. The van der Waals surface area contributed by atoms with Crippen molar-refractivity contribution in [2.75, 3.05) is 32.8 Å². The van der Waals surface area contributed by atoms with Gasteiger partial charge in [0.05, 0.1) is 19.4 Å². The maximum atomic E-state index is 5.49. The van der Waals surface area contributed by atoms with Gasteiger partial charge in [-0.2, -0.15) is 0 Å². The smallest absolute Gasteiger partial charge is 0.0998 e. The number of hydrogen-bond donors (Lipinski definition) is 0. The number of nitrogens with zero attached hydrogens (tertiary/aromatic N) is 2. The second kappa shape index (κ2) is 8.08. The van der Waals surface area contributed by atoms with Crippen molar-refractivity contribution in [3.63, 3.8) is 0 Å². The molecular weight excluding hydrogens is 188 g/mol. The van der Waals surface area contributed by atoms with E-state index in [2.05, 4.69) is 24.1 Å². The van der Waals surface area contributed by atoms with Crippen LogP contribution in [-0.2, 0) is 4.74 Å². The van der Waals surface area contributed by atoms with E-state index in [1.165, 1.54) is 38.8 Å². The third kappa shape index (κ3) is 4.96. The van der Waals surface area contributed by atoms with Crippen molar-refractivity contribution >= 4 is 0 Å². The third-order valence-corrected chi connectivity index (χ3v) is 2.86. The monoisotopic (exact) mass is 213 g/mol. The van der Waals surface area contributed by atoms with Crippen LogP contribution in [0.3, 0.4) is 0 Å². The van der Waals surface area contributed by atoms with Crippen molar-refractivity contribution in [1.82, 2.24) is 10.2 Å². The lowest BCUT2D eigenvalue weighted by atomic mass is 10.2. The Morgan fingerprint density at radius 1 is 1.20 bits per heavy atom. The van der Waals surface area contributed by atoms with Gasteiger partial charge in [0.15, 0.2) is 0 Å². The molecule has 0 N–H and O–H groups in total. The van der Waals surface area contributed by atoms with Crippen LogP contribution in [0.4, 0.5) is 0 Å². The summed E-state index contributed by atoms with van der Waals surface area (Å²) in [4.78, 5) is 2.49. The van der Waals surface area contributed by atoms with Crippen LogP contribution in [0.15, 0.2) is 0 Å². The minimum absolute atomic E-state index is 0.330. The van der Waals surface area contributed by atoms with E-state index in [0.29, 0.717) is 6.17 Å². The summed E-state index contributed by atoms with van der Waals surface area (Å²) < 4.78 is 5.49. The molecule has 1 aliphatic heterocycles. The van der Waals surface area contributed by atoms with Gasteiger partial charge in [-0.05, 0) is 25.9 Å². The van der Waals surface area contributed by atoms with Gasteiger partial charge in [0.1, 0.15) is 0 Å². The fourth-order valence-corrected chi connectivity index (χ4v) is 1.86. The maximum absolute atomic E-state index is 5.49. The quantitative estimate of drug-likeness (QED) is 0.645. The zero-order valence-electron chi connectivity index (χ0n) is 10.2. The summed E-state index contributed by atoms with van der Waals surface area (Å²) in [5.74, 6) is 0. The molecule has 3 nitrogen and oxygen atoms in total. The molecule has 0 amide bonds. The van der Waals surface area contributed by atoms with Crippen LogP contribution >= 0.6 is 0 Å². The second-order valence-corrected chi connectivity index (χ2v) is 4.20. The van der Waals surface area contributed by atoms with E-state index >= 15 is 0 Å². The van der Waals surface area contributed by atoms with Gasteiger partial charge < -0.3 is 4.74 Å². The molecule has 0 aromatic carbocycles. The Labute approximate surface area is 94.2 Å². The summed E-state index contributed by atoms with van der Waals surface area (Å²) in [6.45, 7) is 9.32. The molecule has 3 heteroatoms. The average molecular weight is 213 g/mol. The number of ether oxygens (including phenoxy) is 1. The molecule has 89 valence electrons. The molecule has 1 aliphatic rings. The van der Waals surface area contributed by atoms with Crippen molar-refractivity contribution in [2.45, 2.75) is 45.7 Å². The van der Waals surface area contributed by atoms with Crippen molar-refractivity contribution in [1.29, 1.82) is 0 Å². The molecule has 1 heterocycles. The summed E-state index contributed by atoms with van der Waals surface area (Å²) >= 11 is 0. The summed E-state index contributed by atoms with van der Waals surface area (Å²) in [5, 5.41) is 4.64. The number of unbranched alkanes of at least 4 members (excludes halogenated alkanes) is 2. The van der Waals surface area contributed by atoms with Gasteiger partial charge in [-0.3, -0.25) is 4.90 Å². The van der Waals surface area contributed by atoms with Crippen LogP contribution < -0.4 is 5.32 Å². The highest BCUT2D eigenvalue weighted by atomic mass is 16.5. The first-order valence-corrected chi connectivity index (χ1v) is 6.36. The number of hydrogen-bond acceptors (Lipinski definition) is 2. The SMILES string of the molecule is CCCCN(CCCC)C1COCC[N]1. The fourth-order valence-electron chi connectivity index (χ4n) is 1.86. The highest BCUT2D eigenvalue weighted by Crippen LogP contribution is 2.07. The maximum Gasteiger partial charge on any atom is 0.0998 e. The molecule has 1 saturated heterocycles. The zero-order chi connectivity index (χ0) is 10.9. The lowest BCUT2D eigenvalue weighted by molar-refractivity contribution is 0.00533. The van der Waals surface area contributed by atoms with Gasteiger partial charge in [0, 0.05) is 6.54 Å². The molecule has 1 fully saturated rings. The van der Waals surface area contributed by atoms with E-state index in [0.717, 1.165) is 19.8 Å². The van der Waals surface area contributed by atoms with E-state index in [1.54, 1.807) is 0 Å². The Kier molecular flexibility index (Phi) is 6.98. The first kappa shape index (κ1) is 12.9. The Morgan fingerprint density at radius 2 is 1.87 bits per heavy atom. The first-order chi connectivity index (χ1) is 7.38. The highest BCUT2D eigenvalue weighted by molar-refractivity contribution is 4.72. The molecule has 1 radical (unpaired) electrons. The summed E-state index contributed by atoms with van der Waals surface area (Å²) in [7, 11) is 0. The van der Waals surface area contributed by atoms with Crippen LogP contribution in [0, 0.1) is 0 Å². The van der Waals surface area contributed by atoms with Gasteiger partial charge in [-0.15, -0.1) is 0 Å². The Morgan fingerprint density at radius 3 is 2.33 bits per heavy atom. The normalized spacial score (nSPS) is 22.2. The molecule has 0 aromatic rings. The third-order valence-electron chi connectivity index (χ3n) is 2.86. The molecular formula is C12H25N2O. The lowest BCUT2D eigenvalue weighted by Crippen LogP contribution is -2.49. The number of rotatable bonds is 7. The molecule has 0 bridgehead atoms. The molecule has 0 saturated carbocycles. The molecule has 0 aromatic heterocycles. The van der Waals surface area contributed by atoms with Crippen molar-refractivity contribution in [3.8, 4) is 0 Å². The van der Waals surface area contributed by atoms with Gasteiger partial charge in [0.2, 0.25) is 0 Å². The molecule has 0 spiro atoms. The van der Waals surface area contributed by atoms with Crippen LogP contribution in [0.5, 0.6) is 0 Å². The van der Waals surface area contributed by atoms with Crippen LogP contribution in [0.25, 0.3) is 0 Å². The molecule has 1 unspecified atom stereocenters. The zero-order valence-corrected chi connectivity index (χ0v) is 10.2. The van der Waals surface area contributed by atoms with Crippen molar-refractivity contribution < 1.29 is 4.74 Å². The van der Waals surface area contributed by atoms with E-state index in [9.17, 15) is 0 Å². The lowest BCUT2D eigenvalue weighted by Gasteiger charge is -2.33. The van der Waals surface area contributed by atoms with E-state index in [4.69, 9.17) is 4.74 Å². The minimum atomic E-state index is 0.330.